The highest BCUT2D eigenvalue weighted by molar-refractivity contribution is 7.85. The summed E-state index contributed by atoms with van der Waals surface area (Å²) >= 11 is 0. The molecule has 1 amide bonds. The molecule has 0 spiro atoms. The number of aryl methyl sites for hydroxylation is 1. The molecule has 0 aliphatic rings. The normalized spacial score (nSPS) is 11.0. The van der Waals surface area contributed by atoms with Gasteiger partial charge in [-0.05, 0) is 69.9 Å². The molecule has 2 aromatic carbocycles. The molecule has 0 bridgehead atoms. The Kier molecular flexibility index (Phi) is 16.2. The number of rotatable bonds is 10. The van der Waals surface area contributed by atoms with E-state index >= 15 is 0 Å². The fourth-order valence-electron chi connectivity index (χ4n) is 4.73. The second-order valence-corrected chi connectivity index (χ2v) is 14.6. The Hall–Kier alpha value is -5.26. The molecule has 2 aromatic heterocycles. The Morgan fingerprint density at radius 1 is 1.02 bits per heavy atom. The average molecular weight is 776 g/mol. The Bertz CT molecular complexity index is 2220. The topological polar surface area (TPSA) is 259 Å². The van der Waals surface area contributed by atoms with Crippen LogP contribution >= 0.6 is 0 Å². The quantitative estimate of drug-likeness (QED) is 0.0872. The molecule has 19 heteroatoms. The Morgan fingerprint density at radius 3 is 2.21 bits per heavy atom. The summed E-state index contributed by atoms with van der Waals surface area (Å²) < 4.78 is 64.8. The van der Waals surface area contributed by atoms with Gasteiger partial charge < -0.3 is 35.7 Å². The number of hydrogen-bond donors (Lipinski definition) is 5. The lowest BCUT2D eigenvalue weighted by molar-refractivity contribution is 0.0950. The van der Waals surface area contributed by atoms with Gasteiger partial charge in [0, 0.05) is 48.4 Å². The van der Waals surface area contributed by atoms with Crippen LogP contribution in [0.1, 0.15) is 46.0 Å². The van der Waals surface area contributed by atoms with Crippen LogP contribution in [0.25, 0.3) is 10.9 Å². The lowest BCUT2D eigenvalue weighted by atomic mass is 10.0. The number of carbonyl (C=O) groups is 1. The zero-order valence-electron chi connectivity index (χ0n) is 30.5. The van der Waals surface area contributed by atoms with Crippen molar-refractivity contribution in [2.45, 2.75) is 26.3 Å². The minimum Gasteiger partial charge on any atom is -0.493 e. The molecule has 0 aliphatic carbocycles. The SMILES string of the molecule is CCn1cc(C(=O)NCCCN(C)C)c(=O)c2ccc(C#Cc3cc(Cc4cnc(N)nc4N)cc(OC)c3OC)cc21.CS(=O)(=O)O.CS(=O)(=O)O. The summed E-state index contributed by atoms with van der Waals surface area (Å²) in [6, 6.07) is 9.10. The Morgan fingerprint density at radius 2 is 1.66 bits per heavy atom. The first-order valence-corrected chi connectivity index (χ1v) is 19.4. The first-order chi connectivity index (χ1) is 24.6. The maximum Gasteiger partial charge on any atom is 0.261 e. The van der Waals surface area contributed by atoms with Crippen molar-refractivity contribution >= 4 is 48.8 Å². The first kappa shape index (κ1) is 43.9. The summed E-state index contributed by atoms with van der Waals surface area (Å²) in [5.74, 6) is 7.44. The van der Waals surface area contributed by atoms with Crippen LogP contribution in [-0.2, 0) is 33.2 Å². The van der Waals surface area contributed by atoms with E-state index in [0.717, 1.165) is 18.5 Å². The predicted octanol–water partition coefficient (Wildman–Crippen LogP) is 1.67. The summed E-state index contributed by atoms with van der Waals surface area (Å²) in [6.45, 7) is 3.87. The van der Waals surface area contributed by atoms with E-state index in [2.05, 4.69) is 27.1 Å². The molecule has 17 nitrogen and oxygen atoms in total. The van der Waals surface area contributed by atoms with Crippen molar-refractivity contribution in [3.8, 4) is 23.3 Å². The van der Waals surface area contributed by atoms with E-state index < -0.39 is 20.2 Å². The number of amides is 1. The van der Waals surface area contributed by atoms with Crippen LogP contribution in [0.5, 0.6) is 11.5 Å². The number of methoxy groups -OCH3 is 2. The third kappa shape index (κ3) is 15.1. The molecule has 0 fully saturated rings. The number of nitrogens with two attached hydrogens (primary N) is 2. The summed E-state index contributed by atoms with van der Waals surface area (Å²) in [7, 11) is -0.265. The molecule has 7 N–H and O–H groups in total. The number of aromatic nitrogens is 3. The lowest BCUT2D eigenvalue weighted by Crippen LogP contribution is -2.31. The van der Waals surface area contributed by atoms with Crippen LogP contribution in [-0.4, -0.2) is 105 Å². The monoisotopic (exact) mass is 775 g/mol. The zero-order chi connectivity index (χ0) is 40.1. The van der Waals surface area contributed by atoms with Crippen molar-refractivity contribution in [2.75, 3.05) is 65.4 Å². The highest BCUT2D eigenvalue weighted by Crippen LogP contribution is 2.33. The van der Waals surface area contributed by atoms with E-state index in [1.807, 2.05) is 48.7 Å². The Balaban J connectivity index is 0.000000858. The smallest absolute Gasteiger partial charge is 0.261 e. The molecule has 288 valence electrons. The van der Waals surface area contributed by atoms with Crippen molar-refractivity contribution in [2.24, 2.45) is 0 Å². The van der Waals surface area contributed by atoms with Gasteiger partial charge in [0.05, 0.1) is 37.8 Å². The van der Waals surface area contributed by atoms with Crippen LogP contribution < -0.4 is 31.7 Å². The molecule has 4 aromatic rings. The number of nitrogens with zero attached hydrogens (tertiary/aromatic N) is 4. The first-order valence-electron chi connectivity index (χ1n) is 15.7. The van der Waals surface area contributed by atoms with Gasteiger partial charge in [-0.25, -0.2) is 4.98 Å². The third-order valence-corrected chi connectivity index (χ3v) is 6.93. The Labute approximate surface area is 308 Å². The highest BCUT2D eigenvalue weighted by atomic mass is 32.2. The van der Waals surface area contributed by atoms with Gasteiger partial charge in [-0.3, -0.25) is 18.7 Å². The lowest BCUT2D eigenvalue weighted by Gasteiger charge is -2.13. The van der Waals surface area contributed by atoms with Crippen molar-refractivity contribution in [3.05, 3.63) is 80.8 Å². The predicted molar refractivity (Wildman–Crippen MR) is 204 cm³/mol. The van der Waals surface area contributed by atoms with Crippen LogP contribution in [0, 0.1) is 11.8 Å². The van der Waals surface area contributed by atoms with Crippen LogP contribution in [0.3, 0.4) is 0 Å². The molecule has 0 radical (unpaired) electrons. The molecule has 53 heavy (non-hydrogen) atoms. The molecule has 2 heterocycles. The van der Waals surface area contributed by atoms with E-state index in [0.29, 0.717) is 76.9 Å². The minimum atomic E-state index is -3.67. The standard InChI is InChI=1S/C32H37N7O4.2CH4O3S/c1-6-39-19-25(31(41)35-12-7-13-38(2)3)28(40)24-11-9-20(16-26(24)39)8-10-22-14-21(17-27(42-4)29(22)43-5)15-23-18-36-32(34)37-30(23)33;2*1-5(2,3)4/h9,11,14,16-19H,6-7,12-13,15H2,1-5H3,(H,35,41)(H4,33,34,36,37);2*1H3,(H,2,3,4). The van der Waals surface area contributed by atoms with Crippen LogP contribution in [0.15, 0.2) is 47.5 Å². The molecule has 0 aliphatic heterocycles. The number of ether oxygens (including phenoxy) is 2. The third-order valence-electron chi connectivity index (χ3n) is 6.93. The van der Waals surface area contributed by atoms with E-state index in [9.17, 15) is 26.4 Å². The molecule has 0 saturated carbocycles. The van der Waals surface area contributed by atoms with Gasteiger partial charge in [0.15, 0.2) is 11.5 Å². The van der Waals surface area contributed by atoms with Gasteiger partial charge in [0.2, 0.25) is 11.4 Å². The highest BCUT2D eigenvalue weighted by Gasteiger charge is 2.16. The largest absolute Gasteiger partial charge is 0.493 e. The van der Waals surface area contributed by atoms with Gasteiger partial charge in [0.1, 0.15) is 11.4 Å². The van der Waals surface area contributed by atoms with E-state index in [1.54, 1.807) is 38.7 Å². The summed E-state index contributed by atoms with van der Waals surface area (Å²) in [5, 5.41) is 3.32. The number of nitrogen functional groups attached to an aromatic ring is 2. The number of nitrogens with one attached hydrogen (secondary N) is 1. The van der Waals surface area contributed by atoms with Crippen molar-refractivity contribution in [1.29, 1.82) is 0 Å². The van der Waals surface area contributed by atoms with Gasteiger partial charge in [0.25, 0.3) is 26.1 Å². The van der Waals surface area contributed by atoms with E-state index in [-0.39, 0.29) is 22.8 Å². The second-order valence-electron chi connectivity index (χ2n) is 11.7. The second kappa shape index (κ2) is 19.5. The number of fused-ring (bicyclic) bond motifs is 1. The maximum atomic E-state index is 13.3. The van der Waals surface area contributed by atoms with E-state index in [4.69, 9.17) is 30.0 Å². The fourth-order valence-corrected chi connectivity index (χ4v) is 4.73. The van der Waals surface area contributed by atoms with Gasteiger partial charge in [-0.2, -0.15) is 21.8 Å². The number of pyridine rings is 1. The van der Waals surface area contributed by atoms with Crippen LogP contribution in [0.4, 0.5) is 11.8 Å². The number of carbonyl (C=O) groups excluding carboxylic acids is 1. The van der Waals surface area contributed by atoms with Crippen molar-refractivity contribution < 1.29 is 40.2 Å². The minimum absolute atomic E-state index is 0.110. The van der Waals surface area contributed by atoms with Gasteiger partial charge in [-0.15, -0.1) is 0 Å². The average Bonchev–Trinajstić information content (AvgIpc) is 3.05. The van der Waals surface area contributed by atoms with Crippen LogP contribution in [0.2, 0.25) is 0 Å². The van der Waals surface area contributed by atoms with Crippen molar-refractivity contribution in [3.63, 3.8) is 0 Å². The summed E-state index contributed by atoms with van der Waals surface area (Å²) in [4.78, 5) is 36.2. The summed E-state index contributed by atoms with van der Waals surface area (Å²) in [6.07, 6.45) is 5.88. The molecular formula is C34H45N7O10S2. The molecular weight excluding hydrogens is 731 g/mol. The van der Waals surface area contributed by atoms with Gasteiger partial charge >= 0.3 is 0 Å². The van der Waals surface area contributed by atoms with Crippen molar-refractivity contribution in [1.82, 2.24) is 24.8 Å². The molecule has 0 saturated heterocycles. The van der Waals surface area contributed by atoms with Gasteiger partial charge in [-0.1, -0.05) is 11.8 Å². The summed E-state index contributed by atoms with van der Waals surface area (Å²) in [5.41, 5.74) is 15.1. The molecule has 0 unspecified atom stereocenters. The maximum absolute atomic E-state index is 13.3. The molecule has 0 atom stereocenters. The number of hydrogen-bond acceptors (Lipinski definition) is 13. The van der Waals surface area contributed by atoms with E-state index in [1.165, 1.54) is 0 Å². The number of anilines is 2. The zero-order valence-corrected chi connectivity index (χ0v) is 32.1. The fraction of sp³-hybridized carbons (Fsp3) is 0.353. The number of benzene rings is 2. The molecule has 4 rings (SSSR count).